The third kappa shape index (κ3) is 9.05. The maximum atomic E-state index is 12.2. The van der Waals surface area contributed by atoms with E-state index >= 15 is 0 Å². The summed E-state index contributed by atoms with van der Waals surface area (Å²) in [6.45, 7) is 6.72. The lowest BCUT2D eigenvalue weighted by molar-refractivity contribution is -0.136. The molecule has 1 atom stereocenters. The lowest BCUT2D eigenvalue weighted by Gasteiger charge is -2.20. The molecule has 0 saturated heterocycles. The number of unbranched alkanes of at least 4 members (excludes halogenated alkanes) is 2. The van der Waals surface area contributed by atoms with Gasteiger partial charge in [-0.2, -0.15) is 0 Å². The molecule has 0 fully saturated rings. The van der Waals surface area contributed by atoms with Gasteiger partial charge in [-0.25, -0.2) is 0 Å². The fraction of sp³-hybridized carbons (Fsp3) is 0.387. The van der Waals surface area contributed by atoms with Gasteiger partial charge in [0, 0.05) is 29.4 Å². The number of nitrogens with one attached hydrogen (secondary N) is 1. The highest BCUT2D eigenvalue weighted by atomic mass is 16.5. The smallest absolute Gasteiger partial charge is 0.305 e. The SMILES string of the molecule is CCCCC[C@@H](Oc1ccc(C(=O)NCCC(=O)O)cc1)c1ccc(-c2ccc(CC(C)C)cc2)nc1. The average molecular weight is 503 g/mol. The van der Waals surface area contributed by atoms with E-state index in [0.29, 0.717) is 17.2 Å². The highest BCUT2D eigenvalue weighted by molar-refractivity contribution is 5.94. The van der Waals surface area contributed by atoms with Gasteiger partial charge in [0.2, 0.25) is 0 Å². The molecule has 1 amide bonds. The molecule has 0 unspecified atom stereocenters. The molecule has 0 bridgehead atoms. The van der Waals surface area contributed by atoms with Gasteiger partial charge in [-0.3, -0.25) is 14.6 Å². The highest BCUT2D eigenvalue weighted by Gasteiger charge is 2.15. The van der Waals surface area contributed by atoms with Crippen LogP contribution in [0.25, 0.3) is 11.3 Å². The Morgan fingerprint density at radius 2 is 1.70 bits per heavy atom. The fourth-order valence-corrected chi connectivity index (χ4v) is 4.16. The van der Waals surface area contributed by atoms with Crippen LogP contribution in [0.1, 0.15) is 80.5 Å². The van der Waals surface area contributed by atoms with Crippen molar-refractivity contribution >= 4 is 11.9 Å². The number of carbonyl (C=O) groups excluding carboxylic acids is 1. The summed E-state index contributed by atoms with van der Waals surface area (Å²) in [4.78, 5) is 27.6. The zero-order valence-corrected chi connectivity index (χ0v) is 22.1. The van der Waals surface area contributed by atoms with Crippen LogP contribution in [0.2, 0.25) is 0 Å². The Morgan fingerprint density at radius 1 is 0.973 bits per heavy atom. The number of ether oxygens (including phenoxy) is 1. The summed E-state index contributed by atoms with van der Waals surface area (Å²) in [6.07, 6.45) is 6.89. The van der Waals surface area contributed by atoms with Crippen molar-refractivity contribution in [3.63, 3.8) is 0 Å². The third-order valence-electron chi connectivity index (χ3n) is 6.14. The molecule has 1 heterocycles. The molecule has 3 rings (SSSR count). The fourth-order valence-electron chi connectivity index (χ4n) is 4.16. The molecule has 3 aromatic rings. The summed E-state index contributed by atoms with van der Waals surface area (Å²) in [6, 6.07) is 19.7. The van der Waals surface area contributed by atoms with Crippen molar-refractivity contribution in [3.8, 4) is 17.0 Å². The van der Waals surface area contributed by atoms with Gasteiger partial charge in [-0.05, 0) is 61.1 Å². The van der Waals surface area contributed by atoms with Crippen LogP contribution in [0.3, 0.4) is 0 Å². The van der Waals surface area contributed by atoms with Crippen molar-refractivity contribution in [1.82, 2.24) is 10.3 Å². The Kier molecular flexibility index (Phi) is 10.7. The Hall–Kier alpha value is -3.67. The first kappa shape index (κ1) is 27.9. The molecule has 0 aliphatic heterocycles. The summed E-state index contributed by atoms with van der Waals surface area (Å²) in [5.41, 5.74) is 4.85. The van der Waals surface area contributed by atoms with Gasteiger partial charge >= 0.3 is 5.97 Å². The Balaban J connectivity index is 1.68. The minimum Gasteiger partial charge on any atom is -0.486 e. The summed E-state index contributed by atoms with van der Waals surface area (Å²) >= 11 is 0. The van der Waals surface area contributed by atoms with Crippen LogP contribution >= 0.6 is 0 Å². The molecular formula is C31H38N2O4. The van der Waals surface area contributed by atoms with E-state index in [2.05, 4.69) is 56.4 Å². The lowest BCUT2D eigenvalue weighted by atomic mass is 10.00. The third-order valence-corrected chi connectivity index (χ3v) is 6.14. The Labute approximate surface area is 220 Å². The van der Waals surface area contributed by atoms with Gasteiger partial charge in [-0.15, -0.1) is 0 Å². The number of aliphatic carboxylic acids is 1. The predicted molar refractivity (Wildman–Crippen MR) is 147 cm³/mol. The van der Waals surface area contributed by atoms with Crippen LogP contribution in [-0.2, 0) is 11.2 Å². The number of benzene rings is 2. The topological polar surface area (TPSA) is 88.5 Å². The summed E-state index contributed by atoms with van der Waals surface area (Å²) in [5, 5.41) is 11.3. The molecule has 0 saturated carbocycles. The van der Waals surface area contributed by atoms with Gasteiger partial charge in [-0.1, -0.05) is 63.9 Å². The predicted octanol–water partition coefficient (Wildman–Crippen LogP) is 6.85. The molecule has 0 aliphatic carbocycles. The number of pyridine rings is 1. The van der Waals surface area contributed by atoms with E-state index in [-0.39, 0.29) is 25.0 Å². The van der Waals surface area contributed by atoms with Crippen LogP contribution < -0.4 is 10.1 Å². The van der Waals surface area contributed by atoms with Crippen LogP contribution in [0.15, 0.2) is 66.9 Å². The second kappa shape index (κ2) is 14.2. The molecule has 1 aromatic heterocycles. The molecule has 0 spiro atoms. The molecule has 0 radical (unpaired) electrons. The van der Waals surface area contributed by atoms with E-state index in [1.54, 1.807) is 24.3 Å². The first-order valence-corrected chi connectivity index (χ1v) is 13.2. The number of amides is 1. The number of carboxylic acid groups (broad SMARTS) is 1. The molecule has 37 heavy (non-hydrogen) atoms. The van der Waals surface area contributed by atoms with Gasteiger partial charge in [0.05, 0.1) is 12.1 Å². The normalized spacial score (nSPS) is 11.8. The molecule has 196 valence electrons. The monoisotopic (exact) mass is 502 g/mol. The first-order chi connectivity index (χ1) is 17.9. The number of nitrogens with zero attached hydrogens (tertiary/aromatic N) is 1. The van der Waals surface area contributed by atoms with E-state index in [0.717, 1.165) is 48.9 Å². The van der Waals surface area contributed by atoms with Gasteiger partial charge in [0.1, 0.15) is 11.9 Å². The van der Waals surface area contributed by atoms with Crippen LogP contribution in [0.5, 0.6) is 5.75 Å². The van der Waals surface area contributed by atoms with Gasteiger partial charge < -0.3 is 15.2 Å². The first-order valence-electron chi connectivity index (χ1n) is 13.2. The van der Waals surface area contributed by atoms with Gasteiger partial charge in [0.15, 0.2) is 0 Å². The Bertz CT molecular complexity index is 1120. The van der Waals surface area contributed by atoms with E-state index < -0.39 is 5.97 Å². The summed E-state index contributed by atoms with van der Waals surface area (Å²) < 4.78 is 6.34. The van der Waals surface area contributed by atoms with Crippen LogP contribution in [0.4, 0.5) is 0 Å². The van der Waals surface area contributed by atoms with E-state index in [4.69, 9.17) is 14.8 Å². The van der Waals surface area contributed by atoms with Crippen molar-refractivity contribution in [1.29, 1.82) is 0 Å². The Morgan fingerprint density at radius 3 is 2.30 bits per heavy atom. The average Bonchev–Trinajstić information content (AvgIpc) is 2.88. The highest BCUT2D eigenvalue weighted by Crippen LogP contribution is 2.28. The van der Waals surface area contributed by atoms with Gasteiger partial charge in [0.25, 0.3) is 5.91 Å². The van der Waals surface area contributed by atoms with Crippen LogP contribution in [0, 0.1) is 5.92 Å². The van der Waals surface area contributed by atoms with E-state index in [1.165, 1.54) is 5.56 Å². The summed E-state index contributed by atoms with van der Waals surface area (Å²) in [7, 11) is 0. The molecule has 0 aliphatic rings. The van der Waals surface area contributed by atoms with E-state index in [1.807, 2.05) is 12.3 Å². The molecule has 6 nitrogen and oxygen atoms in total. The number of carboxylic acids is 1. The minimum atomic E-state index is -0.944. The second-order valence-electron chi connectivity index (χ2n) is 9.80. The zero-order valence-electron chi connectivity index (χ0n) is 22.1. The molecule has 6 heteroatoms. The quantitative estimate of drug-likeness (QED) is 0.235. The van der Waals surface area contributed by atoms with E-state index in [9.17, 15) is 9.59 Å². The molecule has 2 aromatic carbocycles. The minimum absolute atomic E-state index is 0.0943. The summed E-state index contributed by atoms with van der Waals surface area (Å²) in [5.74, 6) is 0.0584. The lowest BCUT2D eigenvalue weighted by Crippen LogP contribution is -2.25. The maximum absolute atomic E-state index is 12.2. The van der Waals surface area contributed by atoms with Crippen molar-refractivity contribution in [2.24, 2.45) is 5.92 Å². The number of hydrogen-bond donors (Lipinski definition) is 2. The number of rotatable bonds is 14. The number of hydrogen-bond acceptors (Lipinski definition) is 4. The molecular weight excluding hydrogens is 464 g/mol. The molecule has 2 N–H and O–H groups in total. The number of aromatic nitrogens is 1. The largest absolute Gasteiger partial charge is 0.486 e. The van der Waals surface area contributed by atoms with Crippen molar-refractivity contribution in [3.05, 3.63) is 83.6 Å². The standard InChI is InChI=1S/C31H38N2O4/c1-4-5-6-7-29(37-27-15-12-25(13-16-27)31(36)32-19-18-30(34)35)26-14-17-28(33-21-26)24-10-8-23(9-11-24)20-22(2)3/h8-17,21-22,29H,4-7,18-20H2,1-3H3,(H,32,36)(H,34,35)/t29-/m1/s1. The second-order valence-corrected chi connectivity index (χ2v) is 9.80. The van der Waals surface area contributed by atoms with Crippen LogP contribution in [-0.4, -0.2) is 28.5 Å². The number of carbonyl (C=O) groups is 2. The van der Waals surface area contributed by atoms with Crippen molar-refractivity contribution < 1.29 is 19.4 Å². The van der Waals surface area contributed by atoms with Crippen molar-refractivity contribution in [2.75, 3.05) is 6.54 Å². The maximum Gasteiger partial charge on any atom is 0.305 e. The zero-order chi connectivity index (χ0) is 26.6. The van der Waals surface area contributed by atoms with Crippen molar-refractivity contribution in [2.45, 2.75) is 65.4 Å².